The van der Waals surface area contributed by atoms with Crippen molar-refractivity contribution in [3.8, 4) is 0 Å². The summed E-state index contributed by atoms with van der Waals surface area (Å²) in [5.74, 6) is 3.24. The van der Waals surface area contributed by atoms with Crippen LogP contribution < -0.4 is 10.6 Å². The van der Waals surface area contributed by atoms with Crippen LogP contribution in [0.5, 0.6) is 0 Å². The molecule has 0 aromatic carbocycles. The highest BCUT2D eigenvalue weighted by atomic mass is 16.2. The van der Waals surface area contributed by atoms with Gasteiger partial charge in [-0.25, -0.2) is 4.79 Å². The van der Waals surface area contributed by atoms with Crippen LogP contribution in [0.4, 0.5) is 4.79 Å². The van der Waals surface area contributed by atoms with Crippen LogP contribution in [0.25, 0.3) is 0 Å². The summed E-state index contributed by atoms with van der Waals surface area (Å²) in [5.41, 5.74) is 0. The van der Waals surface area contributed by atoms with E-state index in [9.17, 15) is 4.79 Å². The molecular weight excluding hydrogens is 274 g/mol. The summed E-state index contributed by atoms with van der Waals surface area (Å²) in [6, 6.07) is 0.0494. The van der Waals surface area contributed by atoms with Crippen molar-refractivity contribution in [1.29, 1.82) is 0 Å². The number of hydrogen-bond donors (Lipinski definition) is 2. The van der Waals surface area contributed by atoms with E-state index in [4.69, 9.17) is 0 Å². The predicted octanol–water partition coefficient (Wildman–Crippen LogP) is 2.84. The minimum atomic E-state index is 0.0494. The van der Waals surface area contributed by atoms with E-state index < -0.39 is 0 Å². The van der Waals surface area contributed by atoms with Crippen LogP contribution in [0, 0.1) is 23.7 Å². The number of likely N-dealkylation sites (tertiary alicyclic amines) is 1. The fourth-order valence-electron chi connectivity index (χ4n) is 4.59. The largest absolute Gasteiger partial charge is 0.338 e. The topological polar surface area (TPSA) is 44.4 Å². The molecular formula is C18H33N3O. The molecule has 3 unspecified atom stereocenters. The zero-order valence-electron chi connectivity index (χ0n) is 14.2. The molecule has 4 nitrogen and oxygen atoms in total. The maximum Gasteiger partial charge on any atom is 0.314 e. The fourth-order valence-corrected chi connectivity index (χ4v) is 4.59. The second-order valence-corrected chi connectivity index (χ2v) is 7.91. The second kappa shape index (κ2) is 7.67. The molecule has 0 aromatic rings. The number of amides is 2. The van der Waals surface area contributed by atoms with Crippen molar-refractivity contribution in [2.24, 2.45) is 23.7 Å². The molecule has 126 valence electrons. The van der Waals surface area contributed by atoms with Gasteiger partial charge >= 0.3 is 6.03 Å². The van der Waals surface area contributed by atoms with Gasteiger partial charge in [-0.1, -0.05) is 12.8 Å². The first-order valence-corrected chi connectivity index (χ1v) is 9.42. The van der Waals surface area contributed by atoms with E-state index in [-0.39, 0.29) is 6.03 Å². The van der Waals surface area contributed by atoms with Crippen LogP contribution >= 0.6 is 0 Å². The molecule has 3 rings (SSSR count). The molecule has 0 radical (unpaired) electrons. The molecule has 4 heteroatoms. The first-order chi connectivity index (χ1) is 10.7. The Morgan fingerprint density at radius 3 is 2.64 bits per heavy atom. The number of urea groups is 1. The van der Waals surface area contributed by atoms with E-state index in [1.807, 2.05) is 0 Å². The van der Waals surface area contributed by atoms with Crippen molar-refractivity contribution >= 4 is 6.03 Å². The maximum absolute atomic E-state index is 12.1. The van der Waals surface area contributed by atoms with Gasteiger partial charge in [0.2, 0.25) is 0 Å². The summed E-state index contributed by atoms with van der Waals surface area (Å²) in [7, 11) is 2.19. The fraction of sp³-hybridized carbons (Fsp3) is 0.944. The molecule has 2 saturated carbocycles. The average molecular weight is 307 g/mol. The van der Waals surface area contributed by atoms with Crippen LogP contribution in [0.3, 0.4) is 0 Å². The first-order valence-electron chi connectivity index (χ1n) is 9.42. The van der Waals surface area contributed by atoms with Crippen molar-refractivity contribution < 1.29 is 4.79 Å². The Balaban J connectivity index is 1.33. The smallest absolute Gasteiger partial charge is 0.314 e. The standard InChI is InChI=1S/C18H33N3O/c1-21-10-3-2-5-14(13-21)11-19-18(22)20-12-16-6-4-7-17(16)15-8-9-15/h14-17H,2-13H2,1H3,(H2,19,20,22). The summed E-state index contributed by atoms with van der Waals surface area (Å²) in [6.07, 6.45) is 10.8. The van der Waals surface area contributed by atoms with Gasteiger partial charge < -0.3 is 15.5 Å². The predicted molar refractivity (Wildman–Crippen MR) is 89.8 cm³/mol. The highest BCUT2D eigenvalue weighted by molar-refractivity contribution is 5.73. The zero-order chi connectivity index (χ0) is 15.4. The minimum absolute atomic E-state index is 0.0494. The Morgan fingerprint density at radius 2 is 1.82 bits per heavy atom. The molecule has 3 atom stereocenters. The quantitative estimate of drug-likeness (QED) is 0.820. The highest BCUT2D eigenvalue weighted by Gasteiger charge is 2.39. The van der Waals surface area contributed by atoms with Crippen LogP contribution in [0.15, 0.2) is 0 Å². The molecule has 1 saturated heterocycles. The van der Waals surface area contributed by atoms with Crippen molar-refractivity contribution in [1.82, 2.24) is 15.5 Å². The van der Waals surface area contributed by atoms with E-state index >= 15 is 0 Å². The third-order valence-corrected chi connectivity index (χ3v) is 5.99. The van der Waals surface area contributed by atoms with Crippen LogP contribution in [-0.2, 0) is 0 Å². The molecule has 2 aliphatic carbocycles. The number of hydrogen-bond acceptors (Lipinski definition) is 2. The van der Waals surface area contributed by atoms with Gasteiger partial charge in [-0.3, -0.25) is 0 Å². The number of nitrogens with one attached hydrogen (secondary N) is 2. The molecule has 2 N–H and O–H groups in total. The lowest BCUT2D eigenvalue weighted by atomic mass is 9.91. The number of nitrogens with zero attached hydrogens (tertiary/aromatic N) is 1. The van der Waals surface area contributed by atoms with E-state index in [2.05, 4.69) is 22.6 Å². The van der Waals surface area contributed by atoms with Crippen molar-refractivity contribution in [2.75, 3.05) is 33.2 Å². The van der Waals surface area contributed by atoms with Crippen LogP contribution in [-0.4, -0.2) is 44.2 Å². The van der Waals surface area contributed by atoms with Gasteiger partial charge in [0.1, 0.15) is 0 Å². The van der Waals surface area contributed by atoms with Gasteiger partial charge in [-0.2, -0.15) is 0 Å². The molecule has 1 aliphatic heterocycles. The normalized spacial score (nSPS) is 33.4. The molecule has 3 fully saturated rings. The zero-order valence-corrected chi connectivity index (χ0v) is 14.2. The van der Waals surface area contributed by atoms with Gasteiger partial charge in [0.25, 0.3) is 0 Å². The third kappa shape index (κ3) is 4.61. The highest BCUT2D eigenvalue weighted by Crippen LogP contribution is 2.47. The first kappa shape index (κ1) is 16.1. The van der Waals surface area contributed by atoms with Crippen molar-refractivity contribution in [2.45, 2.75) is 51.4 Å². The summed E-state index contributed by atoms with van der Waals surface area (Å²) < 4.78 is 0. The Bertz CT molecular complexity index is 369. The molecule has 1 heterocycles. The SMILES string of the molecule is CN1CCCCC(CNC(=O)NCC2CCCC2C2CC2)C1. The van der Waals surface area contributed by atoms with Gasteiger partial charge in [0, 0.05) is 19.6 Å². The van der Waals surface area contributed by atoms with Crippen molar-refractivity contribution in [3.05, 3.63) is 0 Å². The van der Waals surface area contributed by atoms with E-state index in [0.717, 1.165) is 37.4 Å². The van der Waals surface area contributed by atoms with Crippen molar-refractivity contribution in [3.63, 3.8) is 0 Å². The minimum Gasteiger partial charge on any atom is -0.338 e. The van der Waals surface area contributed by atoms with E-state index in [0.29, 0.717) is 5.92 Å². The number of carbonyl (C=O) groups excluding carboxylic acids is 1. The maximum atomic E-state index is 12.1. The lowest BCUT2D eigenvalue weighted by molar-refractivity contribution is 0.230. The third-order valence-electron chi connectivity index (χ3n) is 5.99. The number of carbonyl (C=O) groups is 1. The van der Waals surface area contributed by atoms with Gasteiger partial charge in [-0.15, -0.1) is 0 Å². The number of rotatable bonds is 5. The van der Waals surface area contributed by atoms with Crippen LogP contribution in [0.1, 0.15) is 51.4 Å². The molecule has 3 aliphatic rings. The molecule has 22 heavy (non-hydrogen) atoms. The van der Waals surface area contributed by atoms with Gasteiger partial charge in [0.15, 0.2) is 0 Å². The van der Waals surface area contributed by atoms with E-state index in [1.54, 1.807) is 0 Å². The summed E-state index contributed by atoms with van der Waals surface area (Å²) in [4.78, 5) is 14.5. The summed E-state index contributed by atoms with van der Waals surface area (Å²) >= 11 is 0. The Hall–Kier alpha value is -0.770. The van der Waals surface area contributed by atoms with E-state index in [1.165, 1.54) is 57.9 Å². The molecule has 0 bridgehead atoms. The monoisotopic (exact) mass is 307 g/mol. The Kier molecular flexibility index (Phi) is 5.61. The summed E-state index contributed by atoms with van der Waals surface area (Å²) in [5, 5.41) is 6.25. The van der Waals surface area contributed by atoms with Gasteiger partial charge in [-0.05, 0) is 75.8 Å². The van der Waals surface area contributed by atoms with Gasteiger partial charge in [0.05, 0.1) is 0 Å². The second-order valence-electron chi connectivity index (χ2n) is 7.91. The summed E-state index contributed by atoms with van der Waals surface area (Å²) in [6.45, 7) is 4.03. The molecule has 0 aromatic heterocycles. The van der Waals surface area contributed by atoms with Crippen LogP contribution in [0.2, 0.25) is 0 Å². The lowest BCUT2D eigenvalue weighted by Crippen LogP contribution is -2.42. The lowest BCUT2D eigenvalue weighted by Gasteiger charge is -2.22. The molecule has 2 amide bonds. The Labute approximate surface area is 135 Å². The molecule has 0 spiro atoms. The Morgan fingerprint density at radius 1 is 1.00 bits per heavy atom. The average Bonchev–Trinajstić information content (AvgIpc) is 3.28.